The van der Waals surface area contributed by atoms with E-state index in [-0.39, 0.29) is 5.78 Å². The molecule has 0 N–H and O–H groups in total. The summed E-state index contributed by atoms with van der Waals surface area (Å²) < 4.78 is 7.12. The molecule has 0 aliphatic rings. The number of thioether (sulfide) groups is 1. The predicted octanol–water partition coefficient (Wildman–Crippen LogP) is 4.91. The number of ketones is 1. The summed E-state index contributed by atoms with van der Waals surface area (Å²) in [6.45, 7) is 5.75. The second-order valence-corrected chi connectivity index (χ2v) is 7.47. The summed E-state index contributed by atoms with van der Waals surface area (Å²) in [5.41, 5.74) is 3.48. The van der Waals surface area contributed by atoms with Crippen molar-refractivity contribution in [1.29, 1.82) is 0 Å². The predicted molar refractivity (Wildman–Crippen MR) is 107 cm³/mol. The molecule has 4 rings (SSSR count). The molecule has 6 heteroatoms. The maximum Gasteiger partial charge on any atom is 0.180 e. The van der Waals surface area contributed by atoms with E-state index in [0.717, 1.165) is 33.1 Å². The summed E-state index contributed by atoms with van der Waals surface area (Å²) in [5, 5.41) is 6.01. The van der Waals surface area contributed by atoms with Crippen LogP contribution in [0.3, 0.4) is 0 Å². The van der Waals surface area contributed by atoms with Crippen molar-refractivity contribution in [2.24, 2.45) is 0 Å². The molecule has 0 spiro atoms. The van der Waals surface area contributed by atoms with Crippen LogP contribution in [0, 0.1) is 20.8 Å². The van der Waals surface area contributed by atoms with Gasteiger partial charge in [-0.2, -0.15) is 0 Å². The lowest BCUT2D eigenvalue weighted by atomic mass is 10.2. The van der Waals surface area contributed by atoms with Crippen molar-refractivity contribution in [2.75, 3.05) is 5.75 Å². The van der Waals surface area contributed by atoms with Crippen LogP contribution in [0.15, 0.2) is 58.1 Å². The molecule has 0 saturated carbocycles. The minimum atomic E-state index is 0.0783. The second kappa shape index (κ2) is 7.04. The van der Waals surface area contributed by atoms with E-state index in [4.69, 9.17) is 4.52 Å². The summed E-state index contributed by atoms with van der Waals surface area (Å²) in [6.07, 6.45) is 0. The Morgan fingerprint density at radius 1 is 1.11 bits per heavy atom. The Bertz CT molecular complexity index is 1140. The summed E-state index contributed by atoms with van der Waals surface area (Å²) in [7, 11) is 0. The number of para-hydroxylation sites is 1. The van der Waals surface area contributed by atoms with Gasteiger partial charge in [-0.15, -0.1) is 0 Å². The lowest BCUT2D eigenvalue weighted by Crippen LogP contribution is -2.06. The van der Waals surface area contributed by atoms with Gasteiger partial charge in [0.05, 0.1) is 16.3 Å². The monoisotopic (exact) mass is 377 g/mol. The number of rotatable bonds is 5. The summed E-state index contributed by atoms with van der Waals surface area (Å²) >= 11 is 1.46. The Hall–Kier alpha value is -2.86. The molecule has 0 bridgehead atoms. The van der Waals surface area contributed by atoms with E-state index in [0.29, 0.717) is 17.1 Å². The van der Waals surface area contributed by atoms with Crippen molar-refractivity contribution < 1.29 is 9.32 Å². The first-order chi connectivity index (χ1) is 13.0. The van der Waals surface area contributed by atoms with Gasteiger partial charge >= 0.3 is 0 Å². The molecular formula is C21H19N3O2S. The molecule has 0 saturated heterocycles. The van der Waals surface area contributed by atoms with Gasteiger partial charge in [-0.25, -0.2) is 4.98 Å². The van der Waals surface area contributed by atoms with Crippen molar-refractivity contribution in [3.05, 3.63) is 71.2 Å². The molecule has 0 atom stereocenters. The number of carbonyl (C=O) groups excluding carboxylic acids is 1. The van der Waals surface area contributed by atoms with Gasteiger partial charge in [-0.1, -0.05) is 41.2 Å². The number of carbonyl (C=O) groups is 1. The third-order valence-corrected chi connectivity index (χ3v) is 5.43. The number of benzene rings is 1. The zero-order chi connectivity index (χ0) is 19.0. The normalized spacial score (nSPS) is 11.2. The maximum absolute atomic E-state index is 12.8. The standard InChI is InChI=1S/C21H19N3O2S/c1-13-10-17(15(3)24(13)20-11-14(2)26-23-20)19(25)12-27-21-9-8-16-6-4-5-7-18(16)22-21/h4-11H,12H2,1-3H3. The maximum atomic E-state index is 12.8. The second-order valence-electron chi connectivity index (χ2n) is 6.47. The Balaban J connectivity index is 1.54. The van der Waals surface area contributed by atoms with Crippen LogP contribution >= 0.6 is 11.8 Å². The van der Waals surface area contributed by atoms with Crippen LogP contribution < -0.4 is 0 Å². The highest BCUT2D eigenvalue weighted by Gasteiger charge is 2.18. The summed E-state index contributed by atoms with van der Waals surface area (Å²) in [4.78, 5) is 17.4. The number of Topliss-reactive ketones (excluding diaryl/α,β-unsaturated/α-hetero) is 1. The highest BCUT2D eigenvalue weighted by molar-refractivity contribution is 7.99. The number of fused-ring (bicyclic) bond motifs is 1. The molecule has 3 aromatic heterocycles. The molecule has 136 valence electrons. The Kier molecular flexibility index (Phi) is 4.58. The van der Waals surface area contributed by atoms with Gasteiger partial charge in [-0.3, -0.25) is 9.36 Å². The van der Waals surface area contributed by atoms with E-state index in [1.54, 1.807) is 0 Å². The Morgan fingerprint density at radius 3 is 2.70 bits per heavy atom. The topological polar surface area (TPSA) is 60.9 Å². The van der Waals surface area contributed by atoms with Crippen molar-refractivity contribution >= 4 is 28.4 Å². The quantitative estimate of drug-likeness (QED) is 0.365. The number of nitrogens with zero attached hydrogens (tertiary/aromatic N) is 3. The Morgan fingerprint density at radius 2 is 1.93 bits per heavy atom. The van der Waals surface area contributed by atoms with Crippen LogP contribution in [0.5, 0.6) is 0 Å². The zero-order valence-electron chi connectivity index (χ0n) is 15.4. The number of aromatic nitrogens is 3. The van der Waals surface area contributed by atoms with E-state index in [1.165, 1.54) is 11.8 Å². The van der Waals surface area contributed by atoms with E-state index in [2.05, 4.69) is 10.1 Å². The number of hydrogen-bond acceptors (Lipinski definition) is 5. The third kappa shape index (κ3) is 3.40. The fourth-order valence-electron chi connectivity index (χ4n) is 3.20. The van der Waals surface area contributed by atoms with Crippen LogP contribution in [-0.4, -0.2) is 26.2 Å². The van der Waals surface area contributed by atoms with Crippen LogP contribution in [-0.2, 0) is 0 Å². The van der Waals surface area contributed by atoms with Crippen LogP contribution in [0.2, 0.25) is 0 Å². The molecule has 3 heterocycles. The van der Waals surface area contributed by atoms with E-state index >= 15 is 0 Å². The molecule has 0 radical (unpaired) electrons. The molecule has 0 amide bonds. The van der Waals surface area contributed by atoms with Crippen LogP contribution in [0.4, 0.5) is 0 Å². The largest absolute Gasteiger partial charge is 0.360 e. The first-order valence-electron chi connectivity index (χ1n) is 8.67. The molecule has 5 nitrogen and oxygen atoms in total. The van der Waals surface area contributed by atoms with Crippen molar-refractivity contribution in [2.45, 2.75) is 25.8 Å². The molecule has 27 heavy (non-hydrogen) atoms. The van der Waals surface area contributed by atoms with Gasteiger partial charge in [0.25, 0.3) is 0 Å². The fraction of sp³-hybridized carbons (Fsp3) is 0.190. The first kappa shape index (κ1) is 17.5. The van der Waals surface area contributed by atoms with Crippen LogP contribution in [0.1, 0.15) is 27.5 Å². The molecule has 0 aliphatic carbocycles. The molecular weight excluding hydrogens is 358 g/mol. The highest BCUT2D eigenvalue weighted by Crippen LogP contribution is 2.25. The van der Waals surface area contributed by atoms with Gasteiger partial charge in [0.15, 0.2) is 11.6 Å². The van der Waals surface area contributed by atoms with Crippen molar-refractivity contribution in [1.82, 2.24) is 14.7 Å². The SMILES string of the molecule is Cc1cc(-n2c(C)cc(C(=O)CSc3ccc4ccccc4n3)c2C)no1. The third-order valence-electron chi connectivity index (χ3n) is 4.50. The molecule has 0 unspecified atom stereocenters. The summed E-state index contributed by atoms with van der Waals surface area (Å²) in [6, 6.07) is 15.7. The molecule has 0 fully saturated rings. The van der Waals surface area contributed by atoms with Gasteiger partial charge < -0.3 is 4.52 Å². The van der Waals surface area contributed by atoms with E-state index < -0.39 is 0 Å². The molecule has 0 aliphatic heterocycles. The van der Waals surface area contributed by atoms with Crippen LogP contribution in [0.25, 0.3) is 16.7 Å². The van der Waals surface area contributed by atoms with Crippen molar-refractivity contribution in [3.8, 4) is 5.82 Å². The average Bonchev–Trinajstić information content (AvgIpc) is 3.22. The minimum absolute atomic E-state index is 0.0783. The number of aryl methyl sites for hydroxylation is 2. The van der Waals surface area contributed by atoms with Gasteiger partial charge in [0.2, 0.25) is 0 Å². The van der Waals surface area contributed by atoms with E-state index in [1.807, 2.05) is 73.9 Å². The van der Waals surface area contributed by atoms with Gasteiger partial charge in [-0.05, 0) is 39.0 Å². The molecule has 1 aromatic carbocycles. The fourth-order valence-corrected chi connectivity index (χ4v) is 3.96. The zero-order valence-corrected chi connectivity index (χ0v) is 16.2. The molecule has 4 aromatic rings. The van der Waals surface area contributed by atoms with E-state index in [9.17, 15) is 4.79 Å². The highest BCUT2D eigenvalue weighted by atomic mass is 32.2. The lowest BCUT2D eigenvalue weighted by molar-refractivity contribution is 0.102. The van der Waals surface area contributed by atoms with Gasteiger partial charge in [0.1, 0.15) is 5.76 Å². The summed E-state index contributed by atoms with van der Waals surface area (Å²) in [5.74, 6) is 1.86. The average molecular weight is 377 g/mol. The number of hydrogen-bond donors (Lipinski definition) is 0. The Labute approximate surface area is 161 Å². The number of pyridine rings is 1. The smallest absolute Gasteiger partial charge is 0.180 e. The minimum Gasteiger partial charge on any atom is -0.360 e. The lowest BCUT2D eigenvalue weighted by Gasteiger charge is -2.05. The van der Waals surface area contributed by atoms with Gasteiger partial charge in [0, 0.05) is 28.4 Å². The van der Waals surface area contributed by atoms with Crippen molar-refractivity contribution in [3.63, 3.8) is 0 Å². The first-order valence-corrected chi connectivity index (χ1v) is 9.66.